The first-order valence-electron chi connectivity index (χ1n) is 6.22. The highest BCUT2D eigenvalue weighted by Gasteiger charge is 2.17. The molecule has 0 aliphatic heterocycles. The van der Waals surface area contributed by atoms with Crippen molar-refractivity contribution < 1.29 is 19.1 Å². The van der Waals surface area contributed by atoms with E-state index in [4.69, 9.17) is 9.47 Å². The molecular formula is C14H20N2O4. The number of carbonyl (C=O) groups excluding carboxylic acids is 2. The van der Waals surface area contributed by atoms with Crippen LogP contribution < -0.4 is 10.6 Å². The van der Waals surface area contributed by atoms with Crippen LogP contribution in [0.2, 0.25) is 0 Å². The second kappa shape index (κ2) is 7.62. The van der Waals surface area contributed by atoms with E-state index in [1.807, 2.05) is 0 Å². The Morgan fingerprint density at radius 3 is 2.10 bits per heavy atom. The van der Waals surface area contributed by atoms with Gasteiger partial charge in [0.25, 0.3) is 0 Å². The summed E-state index contributed by atoms with van der Waals surface area (Å²) in [6.07, 6.45) is -0.513. The normalized spacial score (nSPS) is 12.1. The van der Waals surface area contributed by atoms with E-state index >= 15 is 0 Å². The van der Waals surface area contributed by atoms with Crippen LogP contribution in [0.1, 0.15) is 24.2 Å². The van der Waals surface area contributed by atoms with Crippen LogP contribution in [0, 0.1) is 0 Å². The predicted molar refractivity (Wildman–Crippen MR) is 75.9 cm³/mol. The summed E-state index contributed by atoms with van der Waals surface area (Å²) in [6, 6.07) is 5.99. The van der Waals surface area contributed by atoms with Gasteiger partial charge in [0.2, 0.25) is 0 Å². The zero-order valence-electron chi connectivity index (χ0n) is 12.1. The standard InChI is InChI=1S/C14H20N2O4/c1-9(13(19-3)20-4)15-14(18)16-12-7-5-11(6-8-12)10(2)17/h5-9,13H,1-4H3,(H2,15,16,18). The lowest BCUT2D eigenvalue weighted by molar-refractivity contribution is -0.117. The van der Waals surface area contributed by atoms with Crippen LogP contribution in [-0.2, 0) is 9.47 Å². The summed E-state index contributed by atoms with van der Waals surface area (Å²) in [5.41, 5.74) is 1.20. The fourth-order valence-corrected chi connectivity index (χ4v) is 1.73. The molecule has 0 radical (unpaired) electrons. The molecule has 20 heavy (non-hydrogen) atoms. The molecule has 0 heterocycles. The van der Waals surface area contributed by atoms with Crippen molar-refractivity contribution >= 4 is 17.5 Å². The Kier molecular flexibility index (Phi) is 6.14. The van der Waals surface area contributed by atoms with Gasteiger partial charge in [-0.3, -0.25) is 4.79 Å². The molecule has 0 spiro atoms. The highest BCUT2D eigenvalue weighted by Crippen LogP contribution is 2.10. The average Bonchev–Trinajstić information content (AvgIpc) is 2.40. The van der Waals surface area contributed by atoms with Crippen LogP contribution >= 0.6 is 0 Å². The number of urea groups is 1. The first-order valence-corrected chi connectivity index (χ1v) is 6.22. The van der Waals surface area contributed by atoms with Crippen molar-refractivity contribution in [1.29, 1.82) is 0 Å². The van der Waals surface area contributed by atoms with Crippen molar-refractivity contribution in [3.8, 4) is 0 Å². The smallest absolute Gasteiger partial charge is 0.319 e. The molecule has 1 aromatic rings. The zero-order valence-corrected chi connectivity index (χ0v) is 12.1. The number of ether oxygens (including phenoxy) is 2. The van der Waals surface area contributed by atoms with Gasteiger partial charge in [0.1, 0.15) is 0 Å². The largest absolute Gasteiger partial charge is 0.354 e. The van der Waals surface area contributed by atoms with E-state index in [0.29, 0.717) is 11.3 Å². The second-order valence-electron chi connectivity index (χ2n) is 4.36. The lowest BCUT2D eigenvalue weighted by Gasteiger charge is -2.22. The monoisotopic (exact) mass is 280 g/mol. The first kappa shape index (κ1) is 16.1. The van der Waals surface area contributed by atoms with Crippen molar-refractivity contribution in [3.63, 3.8) is 0 Å². The van der Waals surface area contributed by atoms with Gasteiger partial charge in [0.05, 0.1) is 6.04 Å². The van der Waals surface area contributed by atoms with Crippen molar-refractivity contribution in [2.24, 2.45) is 0 Å². The van der Waals surface area contributed by atoms with Crippen LogP contribution in [0.5, 0.6) is 0 Å². The van der Waals surface area contributed by atoms with E-state index in [9.17, 15) is 9.59 Å². The van der Waals surface area contributed by atoms with E-state index in [1.54, 1.807) is 31.2 Å². The summed E-state index contributed by atoms with van der Waals surface area (Å²) in [5.74, 6) is -0.0161. The number of hydrogen-bond acceptors (Lipinski definition) is 4. The number of benzene rings is 1. The summed E-state index contributed by atoms with van der Waals surface area (Å²) in [7, 11) is 3.01. The molecular weight excluding hydrogens is 260 g/mol. The predicted octanol–water partition coefficient (Wildman–Crippen LogP) is 2.02. The molecule has 110 valence electrons. The van der Waals surface area contributed by atoms with Crippen LogP contribution in [0.25, 0.3) is 0 Å². The summed E-state index contributed by atoms with van der Waals surface area (Å²) >= 11 is 0. The maximum atomic E-state index is 11.8. The average molecular weight is 280 g/mol. The van der Waals surface area contributed by atoms with Gasteiger partial charge in [-0.25, -0.2) is 4.79 Å². The molecule has 0 saturated heterocycles. The third kappa shape index (κ3) is 4.64. The number of carbonyl (C=O) groups is 2. The van der Waals surface area contributed by atoms with Gasteiger partial charge in [-0.15, -0.1) is 0 Å². The van der Waals surface area contributed by atoms with Gasteiger partial charge < -0.3 is 20.1 Å². The van der Waals surface area contributed by atoms with Gasteiger partial charge in [0.15, 0.2) is 12.1 Å². The maximum Gasteiger partial charge on any atom is 0.319 e. The van der Waals surface area contributed by atoms with Gasteiger partial charge in [-0.05, 0) is 38.1 Å². The van der Waals surface area contributed by atoms with E-state index < -0.39 is 6.29 Å². The number of Topliss-reactive ketones (excluding diaryl/α,β-unsaturated/α-hetero) is 1. The number of ketones is 1. The minimum atomic E-state index is -0.513. The highest BCUT2D eigenvalue weighted by atomic mass is 16.7. The molecule has 1 aromatic carbocycles. The number of rotatable bonds is 6. The van der Waals surface area contributed by atoms with Crippen molar-refractivity contribution in [2.75, 3.05) is 19.5 Å². The molecule has 0 saturated carbocycles. The Labute approximate surface area is 118 Å². The van der Waals surface area contributed by atoms with E-state index in [2.05, 4.69) is 10.6 Å². The number of anilines is 1. The van der Waals surface area contributed by atoms with Crippen LogP contribution in [0.15, 0.2) is 24.3 Å². The Hall–Kier alpha value is -1.92. The van der Waals surface area contributed by atoms with Crippen molar-refractivity contribution in [2.45, 2.75) is 26.2 Å². The molecule has 0 aliphatic rings. The number of methoxy groups -OCH3 is 2. The quantitative estimate of drug-likeness (QED) is 0.617. The molecule has 1 rings (SSSR count). The first-order chi connectivity index (χ1) is 9.47. The number of amides is 2. The molecule has 0 fully saturated rings. The SMILES string of the molecule is COC(OC)C(C)NC(=O)Nc1ccc(C(C)=O)cc1. The lowest BCUT2D eigenvalue weighted by Crippen LogP contribution is -2.44. The Morgan fingerprint density at radius 2 is 1.65 bits per heavy atom. The molecule has 0 aliphatic carbocycles. The molecule has 1 unspecified atom stereocenters. The lowest BCUT2D eigenvalue weighted by atomic mass is 10.1. The Balaban J connectivity index is 2.55. The second-order valence-corrected chi connectivity index (χ2v) is 4.36. The summed E-state index contributed by atoms with van der Waals surface area (Å²) in [4.78, 5) is 22.9. The minimum absolute atomic E-state index is 0.0161. The van der Waals surface area contributed by atoms with Crippen molar-refractivity contribution in [3.05, 3.63) is 29.8 Å². The molecule has 6 heteroatoms. The fourth-order valence-electron chi connectivity index (χ4n) is 1.73. The highest BCUT2D eigenvalue weighted by molar-refractivity contribution is 5.95. The van der Waals surface area contributed by atoms with Gasteiger partial charge in [-0.2, -0.15) is 0 Å². The fraction of sp³-hybridized carbons (Fsp3) is 0.429. The van der Waals surface area contributed by atoms with Gasteiger partial charge in [0, 0.05) is 25.5 Å². The van der Waals surface area contributed by atoms with Gasteiger partial charge >= 0.3 is 6.03 Å². The summed E-state index contributed by atoms with van der Waals surface area (Å²) < 4.78 is 10.1. The van der Waals surface area contributed by atoms with E-state index in [-0.39, 0.29) is 17.9 Å². The third-order valence-corrected chi connectivity index (χ3v) is 2.78. The molecule has 6 nitrogen and oxygen atoms in total. The van der Waals surface area contributed by atoms with E-state index in [1.165, 1.54) is 21.1 Å². The summed E-state index contributed by atoms with van der Waals surface area (Å²) in [6.45, 7) is 3.27. The van der Waals surface area contributed by atoms with Gasteiger partial charge in [-0.1, -0.05) is 0 Å². The Bertz CT molecular complexity index is 455. The van der Waals surface area contributed by atoms with Crippen LogP contribution in [0.3, 0.4) is 0 Å². The molecule has 1 atom stereocenters. The zero-order chi connectivity index (χ0) is 15.1. The van der Waals surface area contributed by atoms with Crippen LogP contribution in [-0.4, -0.2) is 38.4 Å². The number of hydrogen-bond donors (Lipinski definition) is 2. The topological polar surface area (TPSA) is 76.7 Å². The number of nitrogens with one attached hydrogen (secondary N) is 2. The molecule has 0 bridgehead atoms. The Morgan fingerprint density at radius 1 is 1.10 bits per heavy atom. The van der Waals surface area contributed by atoms with E-state index in [0.717, 1.165) is 0 Å². The van der Waals surface area contributed by atoms with Crippen LogP contribution in [0.4, 0.5) is 10.5 Å². The molecule has 2 amide bonds. The molecule has 2 N–H and O–H groups in total. The molecule has 0 aromatic heterocycles. The third-order valence-electron chi connectivity index (χ3n) is 2.78. The summed E-state index contributed by atoms with van der Waals surface area (Å²) in [5, 5.41) is 5.37. The minimum Gasteiger partial charge on any atom is -0.354 e. The maximum absolute atomic E-state index is 11.8. The van der Waals surface area contributed by atoms with Crippen molar-refractivity contribution in [1.82, 2.24) is 5.32 Å².